The minimum atomic E-state index is -1.23. The summed E-state index contributed by atoms with van der Waals surface area (Å²) in [6.07, 6.45) is 0. The molecule has 2 unspecified atom stereocenters. The van der Waals surface area contributed by atoms with Crippen molar-refractivity contribution in [1.82, 2.24) is 9.97 Å². The van der Waals surface area contributed by atoms with E-state index in [0.717, 1.165) is 51.9 Å². The van der Waals surface area contributed by atoms with Crippen molar-refractivity contribution in [3.8, 4) is 0 Å². The van der Waals surface area contributed by atoms with E-state index in [9.17, 15) is 19.8 Å². The van der Waals surface area contributed by atoms with E-state index in [1.54, 1.807) is 0 Å². The second-order valence-corrected chi connectivity index (χ2v) is 12.3. The number of pyridine rings is 2. The Labute approximate surface area is 261 Å². The maximum atomic E-state index is 10.6. The molecule has 0 aliphatic carbocycles. The van der Waals surface area contributed by atoms with Crippen molar-refractivity contribution in [1.29, 1.82) is 0 Å². The fourth-order valence-electron chi connectivity index (χ4n) is 3.32. The molecule has 0 radical (unpaired) electrons. The summed E-state index contributed by atoms with van der Waals surface area (Å²) in [6, 6.07) is 13.6. The van der Waals surface area contributed by atoms with Gasteiger partial charge in [-0.2, -0.15) is 0 Å². The minimum absolute atomic E-state index is 0. The van der Waals surface area contributed by atoms with E-state index in [1.807, 2.05) is 62.4 Å². The number of nitrogens with zero attached hydrogens (tertiary/aromatic N) is 2. The van der Waals surface area contributed by atoms with Gasteiger partial charge >= 0.3 is 17.1 Å². The van der Waals surface area contributed by atoms with Crippen molar-refractivity contribution in [2.45, 2.75) is 35.7 Å². The van der Waals surface area contributed by atoms with Crippen LogP contribution in [0.3, 0.4) is 0 Å². The van der Waals surface area contributed by atoms with Crippen LogP contribution >= 0.6 is 55.4 Å². The van der Waals surface area contributed by atoms with Crippen LogP contribution in [0.2, 0.25) is 0 Å². The van der Waals surface area contributed by atoms with E-state index in [-0.39, 0.29) is 28.6 Å². The van der Waals surface area contributed by atoms with E-state index >= 15 is 0 Å². The van der Waals surface area contributed by atoms with Crippen molar-refractivity contribution in [2.75, 3.05) is 11.5 Å². The number of benzene rings is 2. The molecule has 13 heteroatoms. The summed E-state index contributed by atoms with van der Waals surface area (Å²) < 4.78 is 1.91. The fourth-order valence-corrected chi connectivity index (χ4v) is 6.18. The first-order chi connectivity index (χ1) is 17.9. The SMILES string of the molecule is Cc1cc(SCC(N)C(=O)[O-])c2cc(Br)ccc2n1.Cc1cc(SCC(N)C(=O)[O-])c2cc(Br)ccc2n1.[Fe+2]. The first kappa shape index (κ1) is 33.5. The molecule has 4 aromatic rings. The molecule has 0 aliphatic rings. The maximum absolute atomic E-state index is 10.6. The van der Waals surface area contributed by atoms with Gasteiger partial charge in [0.05, 0.1) is 35.1 Å². The van der Waals surface area contributed by atoms with Gasteiger partial charge in [-0.1, -0.05) is 31.9 Å². The molecule has 0 bridgehead atoms. The monoisotopic (exact) mass is 734 g/mol. The van der Waals surface area contributed by atoms with E-state index in [0.29, 0.717) is 0 Å². The first-order valence-electron chi connectivity index (χ1n) is 11.3. The number of aromatic nitrogens is 2. The molecule has 39 heavy (non-hydrogen) atoms. The summed E-state index contributed by atoms with van der Waals surface area (Å²) in [5, 5.41) is 23.2. The van der Waals surface area contributed by atoms with Gasteiger partial charge in [-0.25, -0.2) is 0 Å². The molecule has 2 aromatic heterocycles. The average molecular weight is 736 g/mol. The van der Waals surface area contributed by atoms with Crippen molar-refractivity contribution in [3.63, 3.8) is 0 Å². The average Bonchev–Trinajstić information content (AvgIpc) is 2.86. The Bertz CT molecular complexity index is 1380. The van der Waals surface area contributed by atoms with Crippen LogP contribution in [-0.4, -0.2) is 45.5 Å². The number of hydrogen-bond donors (Lipinski definition) is 2. The van der Waals surface area contributed by atoms with Gasteiger partial charge < -0.3 is 31.3 Å². The second-order valence-electron chi connectivity index (χ2n) is 8.32. The van der Waals surface area contributed by atoms with Crippen LogP contribution < -0.4 is 21.7 Å². The fraction of sp³-hybridized carbons (Fsp3) is 0.231. The molecular weight excluding hydrogens is 712 g/mol. The Morgan fingerprint density at radius 2 is 1.13 bits per heavy atom. The summed E-state index contributed by atoms with van der Waals surface area (Å²) >= 11 is 9.65. The van der Waals surface area contributed by atoms with Crippen LogP contribution in [0, 0.1) is 13.8 Å². The van der Waals surface area contributed by atoms with Gasteiger partial charge in [-0.05, 0) is 62.4 Å². The Balaban J connectivity index is 0.000000267. The standard InChI is InChI=1S/2C13H13BrN2O2S.Fe/c2*1-7-4-12(19-6-10(15)13(17)18)9-5-8(14)2-3-11(9)16-7;/h2*2-5,10H,6,15H2,1H3,(H,17,18);/q;;+2/p-2. The number of thioether (sulfide) groups is 2. The molecule has 0 fully saturated rings. The molecule has 0 saturated carbocycles. The number of carboxylic acid groups (broad SMARTS) is 2. The molecule has 2 aromatic carbocycles. The zero-order valence-electron chi connectivity index (χ0n) is 20.8. The number of rotatable bonds is 8. The molecule has 206 valence electrons. The summed E-state index contributed by atoms with van der Waals surface area (Å²) in [4.78, 5) is 32.1. The third-order valence-electron chi connectivity index (χ3n) is 5.16. The number of hydrogen-bond acceptors (Lipinski definition) is 10. The normalized spacial score (nSPS) is 12.3. The number of fused-ring (bicyclic) bond motifs is 2. The van der Waals surface area contributed by atoms with Gasteiger partial charge in [-0.3, -0.25) is 9.97 Å². The van der Waals surface area contributed by atoms with E-state index in [1.165, 1.54) is 23.5 Å². The molecule has 2 heterocycles. The van der Waals surface area contributed by atoms with Crippen LogP contribution in [0.25, 0.3) is 21.8 Å². The zero-order chi connectivity index (χ0) is 28.0. The summed E-state index contributed by atoms with van der Waals surface area (Å²) in [5.74, 6) is -1.92. The van der Waals surface area contributed by atoms with Gasteiger partial charge in [0.15, 0.2) is 0 Å². The van der Waals surface area contributed by atoms with Crippen molar-refractivity contribution in [3.05, 3.63) is 68.9 Å². The molecule has 0 saturated heterocycles. The van der Waals surface area contributed by atoms with Crippen LogP contribution in [0.5, 0.6) is 0 Å². The summed E-state index contributed by atoms with van der Waals surface area (Å²) in [5.41, 5.74) is 14.5. The molecule has 0 amide bonds. The van der Waals surface area contributed by atoms with Crippen molar-refractivity contribution in [2.24, 2.45) is 11.5 Å². The van der Waals surface area contributed by atoms with E-state index in [2.05, 4.69) is 41.8 Å². The number of halogens is 2. The topological polar surface area (TPSA) is 158 Å². The van der Waals surface area contributed by atoms with Crippen LogP contribution in [0.15, 0.2) is 67.3 Å². The number of aryl methyl sites for hydroxylation is 2. The Morgan fingerprint density at radius 1 is 0.769 bits per heavy atom. The maximum Gasteiger partial charge on any atom is 2.00 e. The van der Waals surface area contributed by atoms with Gasteiger partial charge in [0.2, 0.25) is 0 Å². The summed E-state index contributed by atoms with van der Waals surface area (Å²) in [6.45, 7) is 3.81. The van der Waals surface area contributed by atoms with Crippen molar-refractivity contribution >= 4 is 89.1 Å². The first-order valence-corrected chi connectivity index (χ1v) is 14.8. The number of aliphatic carboxylic acids is 2. The third kappa shape index (κ3) is 9.72. The molecule has 2 atom stereocenters. The van der Waals surface area contributed by atoms with Crippen LogP contribution in [-0.2, 0) is 26.7 Å². The zero-order valence-corrected chi connectivity index (χ0v) is 26.7. The predicted octanol–water partition coefficient (Wildman–Crippen LogP) is 2.95. The number of carboxylic acids is 2. The van der Waals surface area contributed by atoms with Crippen LogP contribution in [0.4, 0.5) is 0 Å². The quantitative estimate of drug-likeness (QED) is 0.204. The minimum Gasteiger partial charge on any atom is -0.548 e. The predicted molar refractivity (Wildman–Crippen MR) is 156 cm³/mol. The summed E-state index contributed by atoms with van der Waals surface area (Å²) in [7, 11) is 0. The second kappa shape index (κ2) is 15.3. The Kier molecular flexibility index (Phi) is 13.2. The smallest absolute Gasteiger partial charge is 0.548 e. The Morgan fingerprint density at radius 3 is 1.46 bits per heavy atom. The number of nitrogens with two attached hydrogens (primary N) is 2. The molecule has 4 N–H and O–H groups in total. The van der Waals surface area contributed by atoms with Crippen molar-refractivity contribution < 1.29 is 36.9 Å². The number of carbonyl (C=O) groups is 2. The van der Waals surface area contributed by atoms with E-state index in [4.69, 9.17) is 11.5 Å². The third-order valence-corrected chi connectivity index (χ3v) is 8.50. The molecule has 4 rings (SSSR count). The van der Waals surface area contributed by atoms with E-state index < -0.39 is 24.0 Å². The Hall–Kier alpha value is -1.70. The van der Waals surface area contributed by atoms with Gasteiger partial charge in [0.1, 0.15) is 0 Å². The largest absolute Gasteiger partial charge is 2.00 e. The van der Waals surface area contributed by atoms with Gasteiger partial charge in [-0.15, -0.1) is 23.5 Å². The molecular formula is C26H24Br2FeN4O4S2. The molecule has 0 spiro atoms. The van der Waals surface area contributed by atoms with Gasteiger partial charge in [0, 0.05) is 52.4 Å². The molecule has 8 nitrogen and oxygen atoms in total. The van der Waals surface area contributed by atoms with Crippen LogP contribution in [0.1, 0.15) is 11.4 Å². The molecule has 0 aliphatic heterocycles. The van der Waals surface area contributed by atoms with Gasteiger partial charge in [0.25, 0.3) is 0 Å². The number of carbonyl (C=O) groups excluding carboxylic acids is 2.